The second kappa shape index (κ2) is 4.67. The lowest BCUT2D eigenvalue weighted by molar-refractivity contribution is 0.377. The van der Waals surface area contributed by atoms with Crippen molar-refractivity contribution >= 4 is 16.5 Å². The zero-order valence-electron chi connectivity index (χ0n) is 9.43. The van der Waals surface area contributed by atoms with Gasteiger partial charge in [-0.15, -0.1) is 10.2 Å². The summed E-state index contributed by atoms with van der Waals surface area (Å²) in [7, 11) is 0. The largest absolute Gasteiger partial charge is 0.342 e. The topological polar surface area (TPSA) is 41.1 Å². The first-order valence-electron chi connectivity index (χ1n) is 6.21. The third-order valence-corrected chi connectivity index (χ3v) is 4.43. The van der Waals surface area contributed by atoms with Gasteiger partial charge in [0.05, 0.1) is 0 Å². The van der Waals surface area contributed by atoms with Gasteiger partial charge < -0.3 is 10.2 Å². The summed E-state index contributed by atoms with van der Waals surface area (Å²) in [6, 6.07) is 1.31. The molecule has 88 valence electrons. The smallest absolute Gasteiger partial charge is 0.208 e. The molecule has 4 nitrogen and oxygen atoms in total. The van der Waals surface area contributed by atoms with Crippen LogP contribution >= 0.6 is 11.3 Å². The zero-order chi connectivity index (χ0) is 10.8. The van der Waals surface area contributed by atoms with Crippen LogP contribution in [0.4, 0.5) is 5.13 Å². The van der Waals surface area contributed by atoms with Crippen LogP contribution in [0.5, 0.6) is 0 Å². The SMILES string of the molecule is c1nnc(N2CCCCC2C2CCCN2)s1. The van der Waals surface area contributed by atoms with Crippen LogP contribution in [-0.2, 0) is 0 Å². The van der Waals surface area contributed by atoms with Gasteiger partial charge in [-0.05, 0) is 38.6 Å². The van der Waals surface area contributed by atoms with E-state index >= 15 is 0 Å². The summed E-state index contributed by atoms with van der Waals surface area (Å²) in [5, 5.41) is 12.9. The van der Waals surface area contributed by atoms with Crippen LogP contribution in [0.1, 0.15) is 32.1 Å². The Bertz CT molecular complexity index is 321. The molecule has 3 heterocycles. The van der Waals surface area contributed by atoms with Gasteiger partial charge in [-0.25, -0.2) is 0 Å². The fourth-order valence-electron chi connectivity index (χ4n) is 2.95. The molecule has 2 aliphatic rings. The maximum absolute atomic E-state index is 4.23. The number of rotatable bonds is 2. The van der Waals surface area contributed by atoms with E-state index in [0.29, 0.717) is 12.1 Å². The minimum atomic E-state index is 0.643. The van der Waals surface area contributed by atoms with E-state index in [1.54, 1.807) is 11.3 Å². The molecule has 1 aromatic heterocycles. The van der Waals surface area contributed by atoms with Gasteiger partial charge in [0.2, 0.25) is 5.13 Å². The summed E-state index contributed by atoms with van der Waals surface area (Å²) in [6.07, 6.45) is 6.60. The van der Waals surface area contributed by atoms with Crippen LogP contribution in [-0.4, -0.2) is 35.4 Å². The van der Waals surface area contributed by atoms with Crippen molar-refractivity contribution in [3.63, 3.8) is 0 Å². The van der Waals surface area contributed by atoms with Crippen molar-refractivity contribution in [2.45, 2.75) is 44.2 Å². The molecule has 0 bridgehead atoms. The molecule has 2 atom stereocenters. The lowest BCUT2D eigenvalue weighted by Gasteiger charge is -2.38. The van der Waals surface area contributed by atoms with Gasteiger partial charge in [-0.3, -0.25) is 0 Å². The van der Waals surface area contributed by atoms with E-state index in [9.17, 15) is 0 Å². The Kier molecular flexibility index (Phi) is 3.06. The molecule has 2 saturated heterocycles. The van der Waals surface area contributed by atoms with Gasteiger partial charge in [-0.2, -0.15) is 0 Å². The Balaban J connectivity index is 1.78. The van der Waals surface area contributed by atoms with E-state index in [2.05, 4.69) is 20.4 Å². The van der Waals surface area contributed by atoms with Crippen LogP contribution in [0.15, 0.2) is 5.51 Å². The summed E-state index contributed by atoms with van der Waals surface area (Å²) >= 11 is 1.67. The van der Waals surface area contributed by atoms with Crippen molar-refractivity contribution in [3.05, 3.63) is 5.51 Å². The van der Waals surface area contributed by atoms with Crippen LogP contribution in [0, 0.1) is 0 Å². The van der Waals surface area contributed by atoms with Gasteiger partial charge in [0.25, 0.3) is 0 Å². The highest BCUT2D eigenvalue weighted by Crippen LogP contribution is 2.29. The highest BCUT2D eigenvalue weighted by Gasteiger charge is 2.32. The summed E-state index contributed by atoms with van der Waals surface area (Å²) in [5.41, 5.74) is 1.84. The summed E-state index contributed by atoms with van der Waals surface area (Å²) in [6.45, 7) is 2.34. The molecule has 3 rings (SSSR count). The van der Waals surface area contributed by atoms with Crippen molar-refractivity contribution in [3.8, 4) is 0 Å². The van der Waals surface area contributed by atoms with Crippen molar-refractivity contribution in [1.82, 2.24) is 15.5 Å². The quantitative estimate of drug-likeness (QED) is 0.850. The first-order valence-corrected chi connectivity index (χ1v) is 7.09. The van der Waals surface area contributed by atoms with Crippen LogP contribution in [0.25, 0.3) is 0 Å². The Morgan fingerprint density at radius 2 is 2.31 bits per heavy atom. The number of nitrogens with one attached hydrogen (secondary N) is 1. The standard InChI is InChI=1S/C11H18N4S/c1-2-7-15(11-14-13-8-16-11)10(5-1)9-4-3-6-12-9/h8-10,12H,1-7H2. The predicted octanol–water partition coefficient (Wildman–Crippen LogP) is 1.65. The number of piperidine rings is 1. The molecule has 16 heavy (non-hydrogen) atoms. The van der Waals surface area contributed by atoms with Crippen LogP contribution in [0.2, 0.25) is 0 Å². The second-order valence-electron chi connectivity index (χ2n) is 4.68. The molecule has 2 fully saturated rings. The van der Waals surface area contributed by atoms with Crippen LogP contribution in [0.3, 0.4) is 0 Å². The van der Waals surface area contributed by atoms with E-state index in [4.69, 9.17) is 0 Å². The van der Waals surface area contributed by atoms with Gasteiger partial charge in [-0.1, -0.05) is 11.3 Å². The number of anilines is 1. The molecule has 2 unspecified atom stereocenters. The average molecular weight is 238 g/mol. The first-order chi connectivity index (χ1) is 7.95. The number of hydrogen-bond acceptors (Lipinski definition) is 5. The number of hydrogen-bond donors (Lipinski definition) is 1. The molecule has 0 aromatic carbocycles. The fourth-order valence-corrected chi connectivity index (χ4v) is 3.59. The monoisotopic (exact) mass is 238 g/mol. The lowest BCUT2D eigenvalue weighted by Crippen LogP contribution is -2.50. The first kappa shape index (κ1) is 10.5. The van der Waals surface area contributed by atoms with Gasteiger partial charge in [0, 0.05) is 18.6 Å². The van der Waals surface area contributed by atoms with Gasteiger partial charge >= 0.3 is 0 Å². The second-order valence-corrected chi connectivity index (χ2v) is 5.49. The molecular weight excluding hydrogens is 220 g/mol. The molecule has 0 aliphatic carbocycles. The van der Waals surface area contributed by atoms with Gasteiger partial charge in [0.15, 0.2) is 0 Å². The molecule has 0 spiro atoms. The maximum Gasteiger partial charge on any atom is 0.208 e. The van der Waals surface area contributed by atoms with Crippen molar-refractivity contribution < 1.29 is 0 Å². The Hall–Kier alpha value is -0.680. The molecule has 1 aromatic rings. The Morgan fingerprint density at radius 3 is 3.06 bits per heavy atom. The average Bonchev–Trinajstić information content (AvgIpc) is 3.03. The molecular formula is C11H18N4S. The normalized spacial score (nSPS) is 30.9. The van der Waals surface area contributed by atoms with Crippen molar-refractivity contribution in [2.24, 2.45) is 0 Å². The minimum Gasteiger partial charge on any atom is -0.342 e. The maximum atomic E-state index is 4.23. The molecule has 2 aliphatic heterocycles. The fraction of sp³-hybridized carbons (Fsp3) is 0.818. The highest BCUT2D eigenvalue weighted by molar-refractivity contribution is 7.13. The van der Waals surface area contributed by atoms with Crippen molar-refractivity contribution in [2.75, 3.05) is 18.0 Å². The number of nitrogens with zero attached hydrogens (tertiary/aromatic N) is 3. The third-order valence-electron chi connectivity index (χ3n) is 3.71. The molecule has 5 heteroatoms. The minimum absolute atomic E-state index is 0.643. The molecule has 0 radical (unpaired) electrons. The molecule has 1 N–H and O–H groups in total. The van der Waals surface area contributed by atoms with E-state index in [1.165, 1.54) is 38.6 Å². The Morgan fingerprint density at radius 1 is 1.31 bits per heavy atom. The van der Waals surface area contributed by atoms with E-state index < -0.39 is 0 Å². The highest BCUT2D eigenvalue weighted by atomic mass is 32.1. The lowest BCUT2D eigenvalue weighted by atomic mass is 9.95. The summed E-state index contributed by atoms with van der Waals surface area (Å²) in [4.78, 5) is 2.48. The van der Waals surface area contributed by atoms with E-state index in [0.717, 1.165) is 11.7 Å². The zero-order valence-corrected chi connectivity index (χ0v) is 10.2. The van der Waals surface area contributed by atoms with E-state index in [-0.39, 0.29) is 0 Å². The predicted molar refractivity (Wildman–Crippen MR) is 65.9 cm³/mol. The summed E-state index contributed by atoms with van der Waals surface area (Å²) in [5.74, 6) is 0. The number of aromatic nitrogens is 2. The molecule has 0 saturated carbocycles. The van der Waals surface area contributed by atoms with Crippen molar-refractivity contribution in [1.29, 1.82) is 0 Å². The van der Waals surface area contributed by atoms with Gasteiger partial charge in [0.1, 0.15) is 5.51 Å². The molecule has 0 amide bonds. The Labute approximate surface area is 100 Å². The summed E-state index contributed by atoms with van der Waals surface area (Å²) < 4.78 is 0. The third kappa shape index (κ3) is 1.94. The van der Waals surface area contributed by atoms with Crippen LogP contribution < -0.4 is 10.2 Å². The van der Waals surface area contributed by atoms with E-state index in [1.807, 2.05) is 5.51 Å².